The van der Waals surface area contributed by atoms with Crippen molar-refractivity contribution in [3.8, 4) is 22.9 Å². The number of ether oxygens (including phenoxy) is 2. The lowest BCUT2D eigenvalue weighted by Crippen LogP contribution is -1.92. The molecule has 3 rings (SSSR count). The SMILES string of the molecule is COc1ccc(-c2noc(CSc3ncccn3)n2)c(OC)c1. The van der Waals surface area contributed by atoms with E-state index in [4.69, 9.17) is 14.0 Å². The molecule has 7 nitrogen and oxygen atoms in total. The first-order valence-electron chi connectivity index (χ1n) is 6.75. The van der Waals surface area contributed by atoms with Crippen molar-refractivity contribution in [1.29, 1.82) is 0 Å². The first-order chi connectivity index (χ1) is 11.3. The third-order valence-electron chi connectivity index (χ3n) is 2.98. The van der Waals surface area contributed by atoms with E-state index in [9.17, 15) is 0 Å². The van der Waals surface area contributed by atoms with Crippen LogP contribution in [0, 0.1) is 0 Å². The molecule has 0 N–H and O–H groups in total. The highest BCUT2D eigenvalue weighted by Gasteiger charge is 2.14. The van der Waals surface area contributed by atoms with Gasteiger partial charge in [0.2, 0.25) is 11.7 Å². The van der Waals surface area contributed by atoms with E-state index in [2.05, 4.69) is 20.1 Å². The zero-order chi connectivity index (χ0) is 16.1. The van der Waals surface area contributed by atoms with E-state index in [0.29, 0.717) is 34.1 Å². The molecule has 2 heterocycles. The normalized spacial score (nSPS) is 10.5. The van der Waals surface area contributed by atoms with E-state index in [1.807, 2.05) is 12.1 Å². The summed E-state index contributed by atoms with van der Waals surface area (Å²) in [4.78, 5) is 12.7. The van der Waals surface area contributed by atoms with Crippen LogP contribution in [0.3, 0.4) is 0 Å². The molecular formula is C15H14N4O3S. The number of thioether (sulfide) groups is 1. The first-order valence-corrected chi connectivity index (χ1v) is 7.73. The topological polar surface area (TPSA) is 83.2 Å². The first kappa shape index (κ1) is 15.3. The Hall–Kier alpha value is -2.61. The minimum absolute atomic E-state index is 0.467. The van der Waals surface area contributed by atoms with Crippen molar-refractivity contribution < 1.29 is 14.0 Å². The molecule has 0 atom stereocenters. The van der Waals surface area contributed by atoms with Crippen molar-refractivity contribution in [2.75, 3.05) is 14.2 Å². The van der Waals surface area contributed by atoms with Crippen LogP contribution in [-0.4, -0.2) is 34.3 Å². The standard InChI is InChI=1S/C15H14N4O3S/c1-20-10-4-5-11(12(8-10)21-2)14-18-13(22-19-14)9-23-15-16-6-3-7-17-15/h3-8H,9H2,1-2H3. The Morgan fingerprint density at radius 1 is 1.13 bits per heavy atom. The van der Waals surface area contributed by atoms with Crippen molar-refractivity contribution in [3.63, 3.8) is 0 Å². The molecule has 8 heteroatoms. The summed E-state index contributed by atoms with van der Waals surface area (Å²) in [7, 11) is 3.19. The van der Waals surface area contributed by atoms with Crippen molar-refractivity contribution in [2.45, 2.75) is 10.9 Å². The second kappa shape index (κ2) is 7.10. The zero-order valence-electron chi connectivity index (χ0n) is 12.6. The van der Waals surface area contributed by atoms with Gasteiger partial charge in [-0.1, -0.05) is 16.9 Å². The Bertz CT molecular complexity index is 779. The molecule has 1 aromatic carbocycles. The second-order valence-electron chi connectivity index (χ2n) is 4.40. The number of hydrogen-bond acceptors (Lipinski definition) is 8. The van der Waals surface area contributed by atoms with Crippen LogP contribution in [0.5, 0.6) is 11.5 Å². The fraction of sp³-hybridized carbons (Fsp3) is 0.200. The number of benzene rings is 1. The Labute approximate surface area is 137 Å². The molecule has 0 unspecified atom stereocenters. The molecule has 23 heavy (non-hydrogen) atoms. The second-order valence-corrected chi connectivity index (χ2v) is 5.34. The van der Waals surface area contributed by atoms with Gasteiger partial charge in [-0.3, -0.25) is 0 Å². The molecule has 3 aromatic rings. The number of aromatic nitrogens is 4. The zero-order valence-corrected chi connectivity index (χ0v) is 13.4. The Kier molecular flexibility index (Phi) is 4.72. The molecule has 0 aliphatic carbocycles. The molecule has 0 amide bonds. The van der Waals surface area contributed by atoms with Crippen LogP contribution in [0.25, 0.3) is 11.4 Å². The smallest absolute Gasteiger partial charge is 0.237 e. The third-order valence-corrected chi connectivity index (χ3v) is 3.84. The van der Waals surface area contributed by atoms with E-state index in [1.54, 1.807) is 38.7 Å². The molecule has 0 saturated heterocycles. The van der Waals surface area contributed by atoms with Crippen LogP contribution in [0.2, 0.25) is 0 Å². The van der Waals surface area contributed by atoms with Gasteiger partial charge in [0.15, 0.2) is 5.16 Å². The van der Waals surface area contributed by atoms with Gasteiger partial charge in [-0.05, 0) is 18.2 Å². The number of rotatable bonds is 6. The quantitative estimate of drug-likeness (QED) is 0.504. The predicted octanol–water partition coefficient (Wildman–Crippen LogP) is 2.84. The van der Waals surface area contributed by atoms with Gasteiger partial charge in [-0.25, -0.2) is 9.97 Å². The van der Waals surface area contributed by atoms with Gasteiger partial charge in [-0.2, -0.15) is 4.98 Å². The molecular weight excluding hydrogens is 316 g/mol. The highest BCUT2D eigenvalue weighted by Crippen LogP contribution is 2.32. The maximum atomic E-state index is 5.35. The van der Waals surface area contributed by atoms with Gasteiger partial charge in [0.05, 0.1) is 25.5 Å². The minimum Gasteiger partial charge on any atom is -0.497 e. The Morgan fingerprint density at radius 2 is 1.96 bits per heavy atom. The summed E-state index contributed by atoms with van der Waals surface area (Å²) in [6.07, 6.45) is 3.38. The predicted molar refractivity (Wildman–Crippen MR) is 84.4 cm³/mol. The molecule has 0 radical (unpaired) electrons. The van der Waals surface area contributed by atoms with Gasteiger partial charge in [0.25, 0.3) is 0 Å². The summed E-state index contributed by atoms with van der Waals surface area (Å²) < 4.78 is 15.8. The van der Waals surface area contributed by atoms with Crippen molar-refractivity contribution in [1.82, 2.24) is 20.1 Å². The van der Waals surface area contributed by atoms with E-state index in [-0.39, 0.29) is 0 Å². The number of methoxy groups -OCH3 is 2. The highest BCUT2D eigenvalue weighted by atomic mass is 32.2. The third kappa shape index (κ3) is 3.59. The summed E-state index contributed by atoms with van der Waals surface area (Å²) in [6, 6.07) is 7.20. The van der Waals surface area contributed by atoms with Gasteiger partial charge in [0.1, 0.15) is 11.5 Å². The Balaban J connectivity index is 1.76. The van der Waals surface area contributed by atoms with E-state index >= 15 is 0 Å². The van der Waals surface area contributed by atoms with Crippen LogP contribution in [0.15, 0.2) is 46.3 Å². The lowest BCUT2D eigenvalue weighted by atomic mass is 10.2. The molecule has 0 spiro atoms. The van der Waals surface area contributed by atoms with Gasteiger partial charge in [-0.15, -0.1) is 0 Å². The average molecular weight is 330 g/mol. The maximum Gasteiger partial charge on any atom is 0.237 e. The van der Waals surface area contributed by atoms with Gasteiger partial charge in [0, 0.05) is 18.5 Å². The summed E-state index contributed by atoms with van der Waals surface area (Å²) in [5.74, 6) is 2.78. The van der Waals surface area contributed by atoms with E-state index in [0.717, 1.165) is 5.56 Å². The fourth-order valence-electron chi connectivity index (χ4n) is 1.89. The largest absolute Gasteiger partial charge is 0.497 e. The van der Waals surface area contributed by atoms with Gasteiger partial charge < -0.3 is 14.0 Å². The summed E-state index contributed by atoms with van der Waals surface area (Å²) in [6.45, 7) is 0. The number of hydrogen-bond donors (Lipinski definition) is 0. The van der Waals surface area contributed by atoms with E-state index in [1.165, 1.54) is 11.8 Å². The highest BCUT2D eigenvalue weighted by molar-refractivity contribution is 7.98. The lowest BCUT2D eigenvalue weighted by molar-refractivity contribution is 0.388. The van der Waals surface area contributed by atoms with Crippen LogP contribution in [-0.2, 0) is 5.75 Å². The van der Waals surface area contributed by atoms with Crippen molar-refractivity contribution in [3.05, 3.63) is 42.5 Å². The molecule has 118 valence electrons. The molecule has 2 aromatic heterocycles. The molecule has 0 bridgehead atoms. The van der Waals surface area contributed by atoms with Gasteiger partial charge >= 0.3 is 0 Å². The Morgan fingerprint density at radius 3 is 2.70 bits per heavy atom. The van der Waals surface area contributed by atoms with Crippen LogP contribution >= 0.6 is 11.8 Å². The molecule has 0 aliphatic rings. The minimum atomic E-state index is 0.467. The van der Waals surface area contributed by atoms with Crippen molar-refractivity contribution in [2.24, 2.45) is 0 Å². The molecule has 0 fully saturated rings. The van der Waals surface area contributed by atoms with Crippen LogP contribution < -0.4 is 9.47 Å². The summed E-state index contributed by atoms with van der Waals surface area (Å²) in [5.41, 5.74) is 0.740. The summed E-state index contributed by atoms with van der Waals surface area (Å²) in [5, 5.41) is 4.66. The lowest BCUT2D eigenvalue weighted by Gasteiger charge is -2.07. The molecule has 0 aliphatic heterocycles. The average Bonchev–Trinajstić information content (AvgIpc) is 3.09. The van der Waals surface area contributed by atoms with E-state index < -0.39 is 0 Å². The monoisotopic (exact) mass is 330 g/mol. The van der Waals surface area contributed by atoms with Crippen LogP contribution in [0.1, 0.15) is 5.89 Å². The van der Waals surface area contributed by atoms with Crippen LogP contribution in [0.4, 0.5) is 0 Å². The fourth-order valence-corrected chi connectivity index (χ4v) is 2.53. The maximum absolute atomic E-state index is 5.35. The number of nitrogens with zero attached hydrogens (tertiary/aromatic N) is 4. The summed E-state index contributed by atoms with van der Waals surface area (Å²) >= 11 is 1.43. The van der Waals surface area contributed by atoms with Crippen molar-refractivity contribution >= 4 is 11.8 Å². The molecule has 0 saturated carbocycles.